The minimum Gasteiger partial charge on any atom is -0.465 e. The van der Waals surface area contributed by atoms with E-state index >= 15 is 0 Å². The van der Waals surface area contributed by atoms with E-state index in [-0.39, 0.29) is 11.4 Å². The van der Waals surface area contributed by atoms with Crippen molar-refractivity contribution in [3.63, 3.8) is 0 Å². The van der Waals surface area contributed by atoms with Crippen molar-refractivity contribution < 1.29 is 14.6 Å². The lowest BCUT2D eigenvalue weighted by Gasteiger charge is -2.74. The van der Waals surface area contributed by atoms with Gasteiger partial charge in [0.2, 0.25) is 0 Å². The van der Waals surface area contributed by atoms with Crippen LogP contribution in [0.1, 0.15) is 54.4 Å². The molecule has 0 amide bonds. The van der Waals surface area contributed by atoms with Gasteiger partial charge in [0, 0.05) is 5.41 Å². The van der Waals surface area contributed by atoms with Gasteiger partial charge in [-0.2, -0.15) is 0 Å². The highest BCUT2D eigenvalue weighted by atomic mass is 16.5. The summed E-state index contributed by atoms with van der Waals surface area (Å²) < 4.78 is 4.77. The normalized spacial score (nSPS) is 46.2. The van der Waals surface area contributed by atoms with E-state index in [0.717, 1.165) is 35.7 Å². The summed E-state index contributed by atoms with van der Waals surface area (Å²) in [7, 11) is 1.40. The maximum atomic E-state index is 11.6. The average molecular weight is 312 g/mol. The van der Waals surface area contributed by atoms with Crippen LogP contribution in [-0.2, 0) is 10.3 Å². The Hall–Kier alpha value is -1.35. The third-order valence-electron chi connectivity index (χ3n) is 7.65. The summed E-state index contributed by atoms with van der Waals surface area (Å²) in [5, 5.41) is 11.6. The SMILES string of the molecule is COC(=O)c1ccc([C@@]2(O)CC3C4C[C@@H]5C[C@H](C4)CC32C5)cc1. The molecule has 6 rings (SSSR count). The summed E-state index contributed by atoms with van der Waals surface area (Å²) >= 11 is 0. The van der Waals surface area contributed by atoms with Gasteiger partial charge in [-0.05, 0) is 79.9 Å². The molecule has 5 aliphatic rings. The molecule has 0 aromatic heterocycles. The zero-order valence-corrected chi connectivity index (χ0v) is 13.6. The number of methoxy groups -OCH3 is 1. The van der Waals surface area contributed by atoms with E-state index in [0.29, 0.717) is 5.56 Å². The Labute approximate surface area is 137 Å². The molecular weight excluding hydrogens is 288 g/mol. The van der Waals surface area contributed by atoms with Crippen LogP contribution >= 0.6 is 0 Å². The van der Waals surface area contributed by atoms with Gasteiger partial charge in [-0.1, -0.05) is 12.1 Å². The molecule has 3 heteroatoms. The van der Waals surface area contributed by atoms with E-state index < -0.39 is 5.60 Å². The van der Waals surface area contributed by atoms with Crippen molar-refractivity contribution in [2.24, 2.45) is 29.1 Å². The smallest absolute Gasteiger partial charge is 0.337 e. The number of esters is 1. The molecule has 1 aromatic rings. The summed E-state index contributed by atoms with van der Waals surface area (Å²) in [6.45, 7) is 0. The quantitative estimate of drug-likeness (QED) is 0.850. The fourth-order valence-electron chi connectivity index (χ4n) is 6.95. The minimum atomic E-state index is -0.678. The maximum absolute atomic E-state index is 11.6. The number of hydrogen-bond donors (Lipinski definition) is 1. The molecule has 1 N–H and O–H groups in total. The largest absolute Gasteiger partial charge is 0.465 e. The van der Waals surface area contributed by atoms with Gasteiger partial charge in [0.1, 0.15) is 0 Å². The van der Waals surface area contributed by atoms with Crippen molar-refractivity contribution in [3.05, 3.63) is 35.4 Å². The van der Waals surface area contributed by atoms with E-state index in [2.05, 4.69) is 0 Å². The van der Waals surface area contributed by atoms with Crippen molar-refractivity contribution in [1.82, 2.24) is 0 Å². The van der Waals surface area contributed by atoms with Crippen LogP contribution in [0.15, 0.2) is 24.3 Å². The molecule has 0 radical (unpaired) electrons. The van der Waals surface area contributed by atoms with Gasteiger partial charge in [0.25, 0.3) is 0 Å². The number of hydrogen-bond acceptors (Lipinski definition) is 3. The van der Waals surface area contributed by atoms with Crippen molar-refractivity contribution in [2.45, 2.75) is 44.1 Å². The molecule has 6 atom stereocenters. The monoisotopic (exact) mass is 312 g/mol. The lowest BCUT2D eigenvalue weighted by Crippen LogP contribution is -2.70. The summed E-state index contributed by atoms with van der Waals surface area (Å²) in [4.78, 5) is 11.6. The molecule has 1 spiro atoms. The average Bonchev–Trinajstić information content (AvgIpc) is 2.56. The predicted molar refractivity (Wildman–Crippen MR) is 85.8 cm³/mol. The van der Waals surface area contributed by atoms with Gasteiger partial charge in [0.15, 0.2) is 0 Å². The van der Waals surface area contributed by atoms with Crippen LogP contribution in [0.2, 0.25) is 0 Å². The van der Waals surface area contributed by atoms with E-state index in [1.165, 1.54) is 39.2 Å². The van der Waals surface area contributed by atoms with Crippen molar-refractivity contribution in [1.29, 1.82) is 0 Å². The van der Waals surface area contributed by atoms with Gasteiger partial charge in [-0.3, -0.25) is 0 Å². The van der Waals surface area contributed by atoms with Gasteiger partial charge < -0.3 is 9.84 Å². The predicted octanol–water partition coefficient (Wildman–Crippen LogP) is 3.51. The Balaban J connectivity index is 1.50. The second-order valence-electron chi connectivity index (χ2n) is 8.50. The minimum absolute atomic E-state index is 0.120. The van der Waals surface area contributed by atoms with E-state index in [4.69, 9.17) is 4.74 Å². The summed E-state index contributed by atoms with van der Waals surface area (Å²) in [6, 6.07) is 7.49. The first kappa shape index (κ1) is 14.0. The number of aliphatic hydroxyl groups is 1. The van der Waals surface area contributed by atoms with Crippen LogP contribution in [0.25, 0.3) is 0 Å². The zero-order chi connectivity index (χ0) is 15.8. The van der Waals surface area contributed by atoms with Crippen LogP contribution < -0.4 is 0 Å². The van der Waals surface area contributed by atoms with E-state index in [1.807, 2.05) is 12.1 Å². The third-order valence-corrected chi connectivity index (χ3v) is 7.65. The van der Waals surface area contributed by atoms with E-state index in [9.17, 15) is 9.90 Å². The first-order chi connectivity index (χ1) is 11.1. The maximum Gasteiger partial charge on any atom is 0.337 e. The van der Waals surface area contributed by atoms with E-state index in [1.54, 1.807) is 12.1 Å². The van der Waals surface area contributed by atoms with Crippen molar-refractivity contribution in [2.75, 3.05) is 7.11 Å². The van der Waals surface area contributed by atoms with Crippen molar-refractivity contribution >= 4 is 5.97 Å². The standard InChI is InChI=1S/C20H24O3/c1-23-18(21)14-2-4-16(5-3-14)20(22)11-17-15-7-12-6-13(8-15)10-19(17,20)9-12/h2-5,12-13,15,17,22H,6-11H2,1H3/t12-,13+,15?,17?,19?,20-/m0/s1. The van der Waals surface area contributed by atoms with Crippen LogP contribution in [0.4, 0.5) is 0 Å². The topological polar surface area (TPSA) is 46.5 Å². The number of carbonyl (C=O) groups excluding carboxylic acids is 1. The molecule has 5 saturated carbocycles. The Morgan fingerprint density at radius 3 is 2.35 bits per heavy atom. The molecule has 4 bridgehead atoms. The molecule has 23 heavy (non-hydrogen) atoms. The third kappa shape index (κ3) is 1.62. The summed E-state index contributed by atoms with van der Waals surface area (Å²) in [5.41, 5.74) is 1.00. The highest BCUT2D eigenvalue weighted by Crippen LogP contribution is 2.76. The molecule has 3 unspecified atom stereocenters. The highest BCUT2D eigenvalue weighted by Gasteiger charge is 2.72. The Bertz CT molecular complexity index is 650. The van der Waals surface area contributed by atoms with Crippen LogP contribution in [0, 0.1) is 29.1 Å². The van der Waals surface area contributed by atoms with Crippen LogP contribution in [0.3, 0.4) is 0 Å². The summed E-state index contributed by atoms with van der Waals surface area (Å²) in [5.74, 6) is 2.94. The van der Waals surface area contributed by atoms with Gasteiger partial charge in [-0.25, -0.2) is 4.79 Å². The second-order valence-corrected chi connectivity index (χ2v) is 8.50. The van der Waals surface area contributed by atoms with Gasteiger partial charge in [0.05, 0.1) is 18.3 Å². The molecule has 3 nitrogen and oxygen atoms in total. The molecule has 5 aliphatic carbocycles. The molecule has 0 saturated heterocycles. The fraction of sp³-hybridized carbons (Fsp3) is 0.650. The van der Waals surface area contributed by atoms with Gasteiger partial charge >= 0.3 is 5.97 Å². The van der Waals surface area contributed by atoms with Crippen molar-refractivity contribution in [3.8, 4) is 0 Å². The Kier molecular flexibility index (Phi) is 2.67. The molecule has 0 heterocycles. The molecular formula is C20H24O3. The number of ether oxygens (including phenoxy) is 1. The molecule has 0 aliphatic heterocycles. The lowest BCUT2D eigenvalue weighted by molar-refractivity contribution is -0.305. The fourth-order valence-corrected chi connectivity index (χ4v) is 6.95. The summed E-state index contributed by atoms with van der Waals surface area (Å²) in [6.07, 6.45) is 7.53. The molecule has 5 fully saturated rings. The lowest BCUT2D eigenvalue weighted by atomic mass is 9.32. The first-order valence-electron chi connectivity index (χ1n) is 8.97. The highest BCUT2D eigenvalue weighted by molar-refractivity contribution is 5.89. The second kappa shape index (κ2) is 4.38. The van der Waals surface area contributed by atoms with Gasteiger partial charge in [-0.15, -0.1) is 0 Å². The Morgan fingerprint density at radius 1 is 1.09 bits per heavy atom. The first-order valence-corrected chi connectivity index (χ1v) is 8.97. The zero-order valence-electron chi connectivity index (χ0n) is 13.6. The molecule has 1 aromatic carbocycles. The van der Waals surface area contributed by atoms with Crippen LogP contribution in [0.5, 0.6) is 0 Å². The number of carbonyl (C=O) groups is 1. The molecule has 122 valence electrons. The Morgan fingerprint density at radius 2 is 1.74 bits per heavy atom. The number of benzene rings is 1. The number of rotatable bonds is 2. The van der Waals surface area contributed by atoms with Crippen LogP contribution in [-0.4, -0.2) is 18.2 Å².